The largest absolute Gasteiger partial charge is 0.312 e. The van der Waals surface area contributed by atoms with Gasteiger partial charge in [-0.1, -0.05) is 15.9 Å². The van der Waals surface area contributed by atoms with E-state index in [0.29, 0.717) is 18.0 Å². The van der Waals surface area contributed by atoms with Crippen LogP contribution in [-0.4, -0.2) is 12.4 Å². The SMILES string of the molecule is Fc1ccc(Br)cc1CNCC1(CCl)CC1. The molecule has 0 atom stereocenters. The van der Waals surface area contributed by atoms with Crippen molar-refractivity contribution in [3.05, 3.63) is 34.1 Å². The maximum absolute atomic E-state index is 13.4. The summed E-state index contributed by atoms with van der Waals surface area (Å²) in [6.07, 6.45) is 2.37. The van der Waals surface area contributed by atoms with Gasteiger partial charge in [-0.25, -0.2) is 4.39 Å². The highest BCUT2D eigenvalue weighted by Gasteiger charge is 2.41. The Morgan fingerprint density at radius 2 is 2.19 bits per heavy atom. The molecule has 1 fully saturated rings. The molecule has 1 saturated carbocycles. The average Bonchev–Trinajstić information content (AvgIpc) is 3.04. The monoisotopic (exact) mass is 305 g/mol. The van der Waals surface area contributed by atoms with Gasteiger partial charge in [0, 0.05) is 29.0 Å². The van der Waals surface area contributed by atoms with Gasteiger partial charge in [0.1, 0.15) is 5.82 Å². The first-order valence-electron chi connectivity index (χ1n) is 5.36. The highest BCUT2D eigenvalue weighted by atomic mass is 79.9. The zero-order valence-electron chi connectivity index (χ0n) is 8.90. The van der Waals surface area contributed by atoms with Crippen molar-refractivity contribution >= 4 is 27.5 Å². The summed E-state index contributed by atoms with van der Waals surface area (Å²) in [5.74, 6) is 0.535. The van der Waals surface area contributed by atoms with Crippen molar-refractivity contribution in [1.29, 1.82) is 0 Å². The van der Waals surface area contributed by atoms with E-state index in [4.69, 9.17) is 11.6 Å². The first-order chi connectivity index (χ1) is 7.65. The van der Waals surface area contributed by atoms with Crippen LogP contribution < -0.4 is 5.32 Å². The second-order valence-corrected chi connectivity index (χ2v) is 5.66. The van der Waals surface area contributed by atoms with E-state index in [1.807, 2.05) is 6.07 Å². The smallest absolute Gasteiger partial charge is 0.127 e. The molecule has 0 heterocycles. The third-order valence-corrected chi connectivity index (χ3v) is 4.12. The molecular formula is C12H14BrClFN. The molecular weight excluding hydrogens is 292 g/mol. The highest BCUT2D eigenvalue weighted by molar-refractivity contribution is 9.10. The van der Waals surface area contributed by atoms with Crippen LogP contribution in [0.25, 0.3) is 0 Å². The van der Waals surface area contributed by atoms with Crippen LogP contribution in [-0.2, 0) is 6.54 Å². The second kappa shape index (κ2) is 5.03. The van der Waals surface area contributed by atoms with Crippen molar-refractivity contribution in [2.75, 3.05) is 12.4 Å². The summed E-state index contributed by atoms with van der Waals surface area (Å²) in [5, 5.41) is 3.28. The molecule has 2 rings (SSSR count). The van der Waals surface area contributed by atoms with E-state index in [-0.39, 0.29) is 11.2 Å². The summed E-state index contributed by atoms with van der Waals surface area (Å²) in [5.41, 5.74) is 0.976. The van der Waals surface area contributed by atoms with Crippen LogP contribution in [0.2, 0.25) is 0 Å². The fourth-order valence-corrected chi connectivity index (χ4v) is 2.45. The molecule has 0 bridgehead atoms. The molecule has 88 valence electrons. The summed E-state index contributed by atoms with van der Waals surface area (Å²) in [7, 11) is 0. The quantitative estimate of drug-likeness (QED) is 0.818. The fourth-order valence-electron chi connectivity index (χ4n) is 1.68. The standard InChI is InChI=1S/C12H14BrClFN/c13-10-1-2-11(15)9(5-10)6-16-8-12(7-14)3-4-12/h1-2,5,16H,3-4,6-8H2. The number of nitrogens with one attached hydrogen (secondary N) is 1. The maximum atomic E-state index is 13.4. The third kappa shape index (κ3) is 2.96. The molecule has 0 saturated heterocycles. The Hall–Kier alpha value is -0.120. The Morgan fingerprint density at radius 1 is 1.44 bits per heavy atom. The lowest BCUT2D eigenvalue weighted by molar-refractivity contribution is 0.496. The molecule has 1 nitrogen and oxygen atoms in total. The Morgan fingerprint density at radius 3 is 2.81 bits per heavy atom. The third-order valence-electron chi connectivity index (χ3n) is 3.06. The number of alkyl halides is 1. The summed E-state index contributed by atoms with van der Waals surface area (Å²) in [4.78, 5) is 0. The Kier molecular flexibility index (Phi) is 3.88. The molecule has 1 aliphatic carbocycles. The number of hydrogen-bond donors (Lipinski definition) is 1. The molecule has 4 heteroatoms. The molecule has 1 aromatic rings. The van der Waals surface area contributed by atoms with Crippen molar-refractivity contribution in [2.45, 2.75) is 19.4 Å². The highest BCUT2D eigenvalue weighted by Crippen LogP contribution is 2.45. The summed E-state index contributed by atoms with van der Waals surface area (Å²) in [6, 6.07) is 5.00. The molecule has 1 aliphatic rings. The minimum absolute atomic E-state index is 0.161. The van der Waals surface area contributed by atoms with Gasteiger partial charge in [0.2, 0.25) is 0 Å². The van der Waals surface area contributed by atoms with Crippen molar-refractivity contribution in [1.82, 2.24) is 5.32 Å². The fraction of sp³-hybridized carbons (Fsp3) is 0.500. The van der Waals surface area contributed by atoms with Crippen LogP contribution in [0.1, 0.15) is 18.4 Å². The lowest BCUT2D eigenvalue weighted by Gasteiger charge is -2.12. The summed E-state index contributed by atoms with van der Waals surface area (Å²) < 4.78 is 14.3. The molecule has 0 aromatic heterocycles. The Bertz CT molecular complexity index is 379. The van der Waals surface area contributed by atoms with E-state index in [2.05, 4.69) is 21.2 Å². The Labute approximate surface area is 109 Å². The van der Waals surface area contributed by atoms with Gasteiger partial charge in [0.15, 0.2) is 0 Å². The van der Waals surface area contributed by atoms with Crippen LogP contribution in [0.5, 0.6) is 0 Å². The van der Waals surface area contributed by atoms with Crippen LogP contribution in [0.3, 0.4) is 0 Å². The Balaban J connectivity index is 1.87. The molecule has 16 heavy (non-hydrogen) atoms. The lowest BCUT2D eigenvalue weighted by Crippen LogP contribution is -2.25. The number of benzene rings is 1. The first kappa shape index (κ1) is 12.3. The van der Waals surface area contributed by atoms with Crippen molar-refractivity contribution in [3.8, 4) is 0 Å². The van der Waals surface area contributed by atoms with Gasteiger partial charge in [0.25, 0.3) is 0 Å². The second-order valence-electron chi connectivity index (χ2n) is 4.47. The van der Waals surface area contributed by atoms with Gasteiger partial charge in [0.05, 0.1) is 0 Å². The molecule has 1 N–H and O–H groups in total. The van der Waals surface area contributed by atoms with Gasteiger partial charge in [-0.3, -0.25) is 0 Å². The van der Waals surface area contributed by atoms with E-state index in [1.54, 1.807) is 6.07 Å². The normalized spacial score (nSPS) is 17.4. The molecule has 0 unspecified atom stereocenters. The van der Waals surface area contributed by atoms with E-state index in [9.17, 15) is 4.39 Å². The number of rotatable bonds is 5. The van der Waals surface area contributed by atoms with Crippen LogP contribution in [0, 0.1) is 11.2 Å². The van der Waals surface area contributed by atoms with E-state index in [1.165, 1.54) is 18.9 Å². The van der Waals surface area contributed by atoms with Crippen LogP contribution in [0.4, 0.5) is 4.39 Å². The van der Waals surface area contributed by atoms with Gasteiger partial charge in [-0.2, -0.15) is 0 Å². The van der Waals surface area contributed by atoms with E-state index < -0.39 is 0 Å². The predicted molar refractivity (Wildman–Crippen MR) is 68.2 cm³/mol. The van der Waals surface area contributed by atoms with Crippen LogP contribution >= 0.6 is 27.5 Å². The molecule has 1 aromatic carbocycles. The van der Waals surface area contributed by atoms with Gasteiger partial charge >= 0.3 is 0 Å². The molecule has 0 amide bonds. The average molecular weight is 307 g/mol. The summed E-state index contributed by atoms with van der Waals surface area (Å²) in [6.45, 7) is 1.44. The number of hydrogen-bond acceptors (Lipinski definition) is 1. The zero-order chi connectivity index (χ0) is 11.6. The summed E-state index contributed by atoms with van der Waals surface area (Å²) >= 11 is 9.21. The first-order valence-corrected chi connectivity index (χ1v) is 6.69. The van der Waals surface area contributed by atoms with E-state index >= 15 is 0 Å². The van der Waals surface area contributed by atoms with E-state index in [0.717, 1.165) is 11.0 Å². The van der Waals surface area contributed by atoms with Gasteiger partial charge < -0.3 is 5.32 Å². The zero-order valence-corrected chi connectivity index (χ0v) is 11.2. The molecule has 0 aliphatic heterocycles. The number of halogens is 3. The maximum Gasteiger partial charge on any atom is 0.127 e. The topological polar surface area (TPSA) is 12.0 Å². The molecule has 0 radical (unpaired) electrons. The minimum atomic E-state index is -0.161. The predicted octanol–water partition coefficient (Wildman–Crippen LogP) is 3.70. The lowest BCUT2D eigenvalue weighted by atomic mass is 10.1. The van der Waals surface area contributed by atoms with Crippen molar-refractivity contribution in [3.63, 3.8) is 0 Å². The van der Waals surface area contributed by atoms with Crippen molar-refractivity contribution < 1.29 is 4.39 Å². The molecule has 0 spiro atoms. The van der Waals surface area contributed by atoms with Gasteiger partial charge in [-0.05, 0) is 36.5 Å². The van der Waals surface area contributed by atoms with Gasteiger partial charge in [-0.15, -0.1) is 11.6 Å². The van der Waals surface area contributed by atoms with Crippen LogP contribution in [0.15, 0.2) is 22.7 Å². The minimum Gasteiger partial charge on any atom is -0.312 e. The van der Waals surface area contributed by atoms with Crippen molar-refractivity contribution in [2.24, 2.45) is 5.41 Å².